The van der Waals surface area contributed by atoms with E-state index in [1.807, 2.05) is 0 Å². The molecule has 0 unspecified atom stereocenters. The van der Waals surface area contributed by atoms with Crippen LogP contribution in [0.15, 0.2) is 12.2 Å². The van der Waals surface area contributed by atoms with E-state index in [2.05, 4.69) is 6.58 Å². The molecule has 0 aromatic heterocycles. The van der Waals surface area contributed by atoms with Crippen LogP contribution in [0.4, 0.5) is 0 Å². The van der Waals surface area contributed by atoms with Crippen molar-refractivity contribution in [3.63, 3.8) is 0 Å². The van der Waals surface area contributed by atoms with Crippen molar-refractivity contribution < 1.29 is 9.53 Å². The summed E-state index contributed by atoms with van der Waals surface area (Å²) in [7, 11) is 0. The molecular formula is C8H13NO2. The average molecular weight is 155 g/mol. The number of hydrogen-bond donors (Lipinski definition) is 1. The third kappa shape index (κ3) is 2.05. The first-order chi connectivity index (χ1) is 5.09. The van der Waals surface area contributed by atoms with Crippen molar-refractivity contribution in [2.24, 2.45) is 5.73 Å². The second kappa shape index (κ2) is 3.05. The first-order valence-corrected chi connectivity index (χ1v) is 3.71. The van der Waals surface area contributed by atoms with Crippen LogP contribution >= 0.6 is 0 Å². The van der Waals surface area contributed by atoms with E-state index in [0.29, 0.717) is 5.57 Å². The molecule has 0 bridgehead atoms. The van der Waals surface area contributed by atoms with Gasteiger partial charge >= 0.3 is 5.97 Å². The highest BCUT2D eigenvalue weighted by molar-refractivity contribution is 5.87. The van der Waals surface area contributed by atoms with Crippen LogP contribution in [0.2, 0.25) is 0 Å². The third-order valence-electron chi connectivity index (χ3n) is 1.75. The quantitative estimate of drug-likeness (QED) is 0.469. The predicted molar refractivity (Wildman–Crippen MR) is 41.9 cm³/mol. The van der Waals surface area contributed by atoms with Gasteiger partial charge in [0, 0.05) is 11.6 Å². The van der Waals surface area contributed by atoms with E-state index in [1.54, 1.807) is 6.92 Å². The first-order valence-electron chi connectivity index (χ1n) is 3.71. The lowest BCUT2D eigenvalue weighted by atomic mass is 9.90. The predicted octanol–water partition coefficient (Wildman–Crippen LogP) is 0.595. The van der Waals surface area contributed by atoms with Crippen LogP contribution in [0.1, 0.15) is 19.8 Å². The number of esters is 1. The van der Waals surface area contributed by atoms with E-state index >= 15 is 0 Å². The molecule has 0 radical (unpaired) electrons. The minimum Gasteiger partial charge on any atom is -0.459 e. The van der Waals surface area contributed by atoms with Crippen LogP contribution in [-0.4, -0.2) is 18.1 Å². The van der Waals surface area contributed by atoms with Crippen molar-refractivity contribution in [1.29, 1.82) is 0 Å². The average Bonchev–Trinajstić information content (AvgIpc) is 1.84. The maximum absolute atomic E-state index is 10.9. The van der Waals surface area contributed by atoms with Gasteiger partial charge in [-0.05, 0) is 19.8 Å². The van der Waals surface area contributed by atoms with Gasteiger partial charge < -0.3 is 10.5 Å². The standard InChI is InChI=1S/C8H13NO2/c1-5(2)8(10)11-7-3-6(9)4-7/h6-7H,1,3-4,9H2,2H3. The highest BCUT2D eigenvalue weighted by Gasteiger charge is 2.29. The summed E-state index contributed by atoms with van der Waals surface area (Å²) in [4.78, 5) is 10.9. The summed E-state index contributed by atoms with van der Waals surface area (Å²) < 4.78 is 5.00. The Morgan fingerprint density at radius 3 is 2.55 bits per heavy atom. The van der Waals surface area contributed by atoms with Crippen molar-refractivity contribution >= 4 is 5.97 Å². The van der Waals surface area contributed by atoms with Crippen molar-refractivity contribution in [3.05, 3.63) is 12.2 Å². The van der Waals surface area contributed by atoms with E-state index < -0.39 is 0 Å². The Kier molecular flexibility index (Phi) is 2.29. The van der Waals surface area contributed by atoms with E-state index in [9.17, 15) is 4.79 Å². The minimum atomic E-state index is -0.304. The van der Waals surface area contributed by atoms with Crippen LogP contribution in [0.3, 0.4) is 0 Å². The van der Waals surface area contributed by atoms with Crippen LogP contribution in [0.25, 0.3) is 0 Å². The maximum Gasteiger partial charge on any atom is 0.333 e. The van der Waals surface area contributed by atoms with E-state index in [0.717, 1.165) is 12.8 Å². The van der Waals surface area contributed by atoms with Gasteiger partial charge in [0.1, 0.15) is 6.10 Å². The number of ether oxygens (including phenoxy) is 1. The van der Waals surface area contributed by atoms with E-state index in [1.165, 1.54) is 0 Å². The topological polar surface area (TPSA) is 52.3 Å². The second-order valence-electron chi connectivity index (χ2n) is 3.04. The van der Waals surface area contributed by atoms with Gasteiger partial charge in [-0.2, -0.15) is 0 Å². The largest absolute Gasteiger partial charge is 0.459 e. The van der Waals surface area contributed by atoms with Gasteiger partial charge in [-0.25, -0.2) is 4.79 Å². The molecule has 1 rings (SSSR count). The zero-order valence-electron chi connectivity index (χ0n) is 6.67. The summed E-state index contributed by atoms with van der Waals surface area (Å²) in [5.41, 5.74) is 5.96. The summed E-state index contributed by atoms with van der Waals surface area (Å²) in [6, 6.07) is 0.220. The van der Waals surface area contributed by atoms with Gasteiger partial charge in [-0.1, -0.05) is 6.58 Å². The Hall–Kier alpha value is -0.830. The first kappa shape index (κ1) is 8.27. The maximum atomic E-state index is 10.9. The fraction of sp³-hybridized carbons (Fsp3) is 0.625. The van der Waals surface area contributed by atoms with Crippen LogP contribution in [-0.2, 0) is 9.53 Å². The molecule has 0 aliphatic heterocycles. The van der Waals surface area contributed by atoms with Crippen LogP contribution in [0.5, 0.6) is 0 Å². The summed E-state index contributed by atoms with van der Waals surface area (Å²) in [5.74, 6) is -0.304. The fourth-order valence-corrected chi connectivity index (χ4v) is 0.955. The molecule has 0 saturated heterocycles. The highest BCUT2D eigenvalue weighted by atomic mass is 16.5. The lowest BCUT2D eigenvalue weighted by molar-refractivity contribution is -0.148. The summed E-state index contributed by atoms with van der Waals surface area (Å²) in [5, 5.41) is 0. The molecule has 0 amide bonds. The van der Waals surface area contributed by atoms with Crippen molar-refractivity contribution in [1.82, 2.24) is 0 Å². The molecule has 3 nitrogen and oxygen atoms in total. The molecule has 0 heterocycles. The molecule has 1 saturated carbocycles. The highest BCUT2D eigenvalue weighted by Crippen LogP contribution is 2.21. The molecule has 11 heavy (non-hydrogen) atoms. The smallest absolute Gasteiger partial charge is 0.333 e. The number of carbonyl (C=O) groups excluding carboxylic acids is 1. The number of nitrogens with two attached hydrogens (primary N) is 1. The molecule has 62 valence electrons. The van der Waals surface area contributed by atoms with E-state index in [4.69, 9.17) is 10.5 Å². The lowest BCUT2D eigenvalue weighted by Crippen LogP contribution is -2.42. The normalized spacial score (nSPS) is 28.9. The summed E-state index contributed by atoms with van der Waals surface area (Å²) in [6.45, 7) is 5.12. The third-order valence-corrected chi connectivity index (χ3v) is 1.75. The molecule has 0 atom stereocenters. The molecule has 2 N–H and O–H groups in total. The second-order valence-corrected chi connectivity index (χ2v) is 3.04. The molecule has 0 aromatic carbocycles. The van der Waals surface area contributed by atoms with Crippen molar-refractivity contribution in [2.45, 2.75) is 31.9 Å². The zero-order valence-corrected chi connectivity index (χ0v) is 6.67. The molecule has 3 heteroatoms. The number of hydrogen-bond acceptors (Lipinski definition) is 3. The monoisotopic (exact) mass is 155 g/mol. The zero-order chi connectivity index (χ0) is 8.43. The van der Waals surface area contributed by atoms with Gasteiger partial charge in [-0.15, -0.1) is 0 Å². The van der Waals surface area contributed by atoms with Gasteiger partial charge in [-0.3, -0.25) is 0 Å². The minimum absolute atomic E-state index is 0.0363. The van der Waals surface area contributed by atoms with Crippen molar-refractivity contribution in [3.8, 4) is 0 Å². The molecule has 1 aliphatic rings. The Morgan fingerprint density at radius 2 is 2.18 bits per heavy atom. The van der Waals surface area contributed by atoms with Crippen LogP contribution < -0.4 is 5.73 Å². The Bertz CT molecular complexity index is 183. The van der Waals surface area contributed by atoms with Crippen LogP contribution in [0, 0.1) is 0 Å². The molecule has 0 spiro atoms. The fourth-order valence-electron chi connectivity index (χ4n) is 0.955. The van der Waals surface area contributed by atoms with Gasteiger partial charge in [0.25, 0.3) is 0 Å². The van der Waals surface area contributed by atoms with Crippen molar-refractivity contribution in [2.75, 3.05) is 0 Å². The Balaban J connectivity index is 2.22. The summed E-state index contributed by atoms with van der Waals surface area (Å²) >= 11 is 0. The molecular weight excluding hydrogens is 142 g/mol. The van der Waals surface area contributed by atoms with Gasteiger partial charge in [0.15, 0.2) is 0 Å². The van der Waals surface area contributed by atoms with Gasteiger partial charge in [0.2, 0.25) is 0 Å². The molecule has 0 aromatic rings. The number of rotatable bonds is 2. The SMILES string of the molecule is C=C(C)C(=O)OC1CC(N)C1. The Labute approximate surface area is 66.2 Å². The summed E-state index contributed by atoms with van der Waals surface area (Å²) in [6.07, 6.45) is 1.62. The number of carbonyl (C=O) groups is 1. The van der Waals surface area contributed by atoms with Gasteiger partial charge in [0.05, 0.1) is 0 Å². The molecule has 1 aliphatic carbocycles. The Morgan fingerprint density at radius 1 is 1.64 bits per heavy atom. The van der Waals surface area contributed by atoms with E-state index in [-0.39, 0.29) is 18.1 Å². The molecule has 1 fully saturated rings. The lowest BCUT2D eigenvalue weighted by Gasteiger charge is -2.31.